The second-order valence-electron chi connectivity index (χ2n) is 9.78. The Labute approximate surface area is 188 Å². The van der Waals surface area contributed by atoms with Crippen LogP contribution >= 0.6 is 0 Å². The van der Waals surface area contributed by atoms with E-state index in [0.29, 0.717) is 10.9 Å². The number of rotatable bonds is 22. The molecule has 0 spiro atoms. The molecule has 1 N–H and O–H groups in total. The molecule has 4 nitrogen and oxygen atoms in total. The summed E-state index contributed by atoms with van der Waals surface area (Å²) in [4.78, 5) is 11.2. The van der Waals surface area contributed by atoms with Crippen molar-refractivity contribution in [2.75, 3.05) is 34.2 Å². The topological polar surface area (TPSA) is 52.2 Å². The van der Waals surface area contributed by atoms with Gasteiger partial charge in [-0.05, 0) is 51.6 Å². The second-order valence-corrected chi connectivity index (χ2v) is 9.78. The summed E-state index contributed by atoms with van der Waals surface area (Å²) < 4.78 is 0.428. The summed E-state index contributed by atoms with van der Waals surface area (Å²) in [6.07, 6.45) is 25.1. The fourth-order valence-electron chi connectivity index (χ4n) is 3.86. The largest absolute Gasteiger partial charge is 0.544 e. The summed E-state index contributed by atoms with van der Waals surface area (Å²) in [6.45, 7) is 4.21. The van der Waals surface area contributed by atoms with Gasteiger partial charge in [-0.15, -0.1) is 0 Å². The van der Waals surface area contributed by atoms with E-state index in [9.17, 15) is 9.90 Å². The first-order valence-corrected chi connectivity index (χ1v) is 12.8. The number of allylic oxidation sites excluding steroid dienone is 2. The summed E-state index contributed by atoms with van der Waals surface area (Å²) in [5.41, 5.74) is 0. The molecule has 0 saturated carbocycles. The van der Waals surface area contributed by atoms with Crippen LogP contribution in [0.25, 0.3) is 0 Å². The van der Waals surface area contributed by atoms with Crippen molar-refractivity contribution in [1.82, 2.24) is 5.32 Å². The van der Waals surface area contributed by atoms with E-state index in [0.717, 1.165) is 19.5 Å². The number of quaternary nitrogens is 1. The van der Waals surface area contributed by atoms with Gasteiger partial charge in [0.05, 0.1) is 27.1 Å². The zero-order valence-electron chi connectivity index (χ0n) is 20.7. The van der Waals surface area contributed by atoms with Crippen LogP contribution in [-0.4, -0.2) is 50.7 Å². The van der Waals surface area contributed by atoms with Gasteiger partial charge in [0.15, 0.2) is 0 Å². The SMILES string of the molecule is CCCCCCCC/C=C\CCCCCCCCNCCCC(C(=O)[O-])[N+](C)(C)C. The molecule has 0 aliphatic rings. The molecule has 0 rings (SSSR count). The van der Waals surface area contributed by atoms with Crippen molar-refractivity contribution in [1.29, 1.82) is 0 Å². The molecule has 30 heavy (non-hydrogen) atoms. The van der Waals surface area contributed by atoms with Crippen LogP contribution < -0.4 is 10.4 Å². The Balaban J connectivity index is 3.31. The average molecular weight is 425 g/mol. The summed E-state index contributed by atoms with van der Waals surface area (Å²) in [7, 11) is 5.75. The predicted molar refractivity (Wildman–Crippen MR) is 128 cm³/mol. The Morgan fingerprint density at radius 1 is 0.767 bits per heavy atom. The fraction of sp³-hybridized carbons (Fsp3) is 0.885. The molecule has 0 saturated heterocycles. The van der Waals surface area contributed by atoms with Gasteiger partial charge in [0.25, 0.3) is 0 Å². The molecule has 0 aliphatic carbocycles. The molecular formula is C26H52N2O2. The van der Waals surface area contributed by atoms with Crippen LogP contribution in [0.1, 0.15) is 110 Å². The number of hydrogen-bond acceptors (Lipinski definition) is 3. The van der Waals surface area contributed by atoms with Gasteiger partial charge in [-0.1, -0.05) is 76.9 Å². The van der Waals surface area contributed by atoms with Crippen LogP contribution in [0, 0.1) is 0 Å². The molecule has 0 aromatic rings. The maximum absolute atomic E-state index is 11.2. The first-order chi connectivity index (χ1) is 14.4. The van der Waals surface area contributed by atoms with Crippen molar-refractivity contribution in [3.05, 3.63) is 12.2 Å². The lowest BCUT2D eigenvalue weighted by Crippen LogP contribution is -2.54. The van der Waals surface area contributed by atoms with Crippen LogP contribution in [0.3, 0.4) is 0 Å². The third-order valence-electron chi connectivity index (χ3n) is 5.90. The number of aliphatic carboxylic acids is 1. The smallest absolute Gasteiger partial charge is 0.129 e. The Morgan fingerprint density at radius 3 is 1.73 bits per heavy atom. The average Bonchev–Trinajstić information content (AvgIpc) is 2.68. The molecule has 4 heteroatoms. The highest BCUT2D eigenvalue weighted by atomic mass is 16.4. The lowest BCUT2D eigenvalue weighted by Gasteiger charge is -2.34. The molecule has 0 aliphatic heterocycles. The van der Waals surface area contributed by atoms with Crippen molar-refractivity contribution in [3.8, 4) is 0 Å². The fourth-order valence-corrected chi connectivity index (χ4v) is 3.86. The summed E-state index contributed by atoms with van der Waals surface area (Å²) in [6, 6.07) is -0.419. The maximum atomic E-state index is 11.2. The van der Waals surface area contributed by atoms with Gasteiger partial charge in [0.1, 0.15) is 6.04 Å². The van der Waals surface area contributed by atoms with Crippen LogP contribution in [-0.2, 0) is 4.79 Å². The van der Waals surface area contributed by atoms with Crippen LogP contribution in [0.4, 0.5) is 0 Å². The van der Waals surface area contributed by atoms with Crippen LogP contribution in [0.5, 0.6) is 0 Å². The quantitative estimate of drug-likeness (QED) is 0.147. The van der Waals surface area contributed by atoms with E-state index in [1.54, 1.807) is 0 Å². The summed E-state index contributed by atoms with van der Waals surface area (Å²) in [5.74, 6) is -0.934. The lowest BCUT2D eigenvalue weighted by molar-refractivity contribution is -0.889. The van der Waals surface area contributed by atoms with Gasteiger partial charge < -0.3 is 19.7 Å². The van der Waals surface area contributed by atoms with Gasteiger partial charge >= 0.3 is 0 Å². The van der Waals surface area contributed by atoms with Crippen LogP contribution in [0.15, 0.2) is 12.2 Å². The minimum absolute atomic E-state index is 0.419. The molecule has 1 unspecified atom stereocenters. The Hall–Kier alpha value is -0.870. The van der Waals surface area contributed by atoms with Gasteiger partial charge in [0, 0.05) is 6.42 Å². The minimum Gasteiger partial charge on any atom is -0.544 e. The van der Waals surface area contributed by atoms with Crippen LogP contribution in [0.2, 0.25) is 0 Å². The van der Waals surface area contributed by atoms with Gasteiger partial charge in [-0.25, -0.2) is 0 Å². The van der Waals surface area contributed by atoms with Crippen molar-refractivity contribution in [2.45, 2.75) is 116 Å². The van der Waals surface area contributed by atoms with Gasteiger partial charge in [-0.2, -0.15) is 0 Å². The molecule has 0 heterocycles. The number of hydrogen-bond donors (Lipinski definition) is 1. The molecule has 0 bridgehead atoms. The van der Waals surface area contributed by atoms with E-state index < -0.39 is 12.0 Å². The van der Waals surface area contributed by atoms with Gasteiger partial charge in [0.2, 0.25) is 0 Å². The monoisotopic (exact) mass is 424 g/mol. The molecule has 0 radical (unpaired) electrons. The highest BCUT2D eigenvalue weighted by Gasteiger charge is 2.24. The lowest BCUT2D eigenvalue weighted by atomic mass is 10.1. The first kappa shape index (κ1) is 29.1. The standard InChI is InChI=1S/C26H52N2O2/c1-5-6-7-8-9-10-11-12-13-14-15-16-17-18-19-20-23-27-24-21-22-25(26(29)30)28(2,3)4/h12-13,25,27H,5-11,14-24H2,1-4H3/b13-12-. The number of carbonyl (C=O) groups excluding carboxylic acids is 1. The van der Waals surface area contributed by atoms with E-state index >= 15 is 0 Å². The zero-order chi connectivity index (χ0) is 22.5. The maximum Gasteiger partial charge on any atom is 0.129 e. The molecule has 178 valence electrons. The molecule has 0 fully saturated rings. The first-order valence-electron chi connectivity index (χ1n) is 12.8. The number of unbranched alkanes of at least 4 members (excludes halogenated alkanes) is 12. The molecule has 1 atom stereocenters. The van der Waals surface area contributed by atoms with Gasteiger partial charge in [-0.3, -0.25) is 0 Å². The third-order valence-corrected chi connectivity index (χ3v) is 5.90. The van der Waals surface area contributed by atoms with E-state index in [2.05, 4.69) is 24.4 Å². The Kier molecular flexibility index (Phi) is 19.5. The number of likely N-dealkylation sites (N-methyl/N-ethyl adjacent to an activating group) is 1. The number of nitrogens with zero attached hydrogens (tertiary/aromatic N) is 1. The van der Waals surface area contributed by atoms with Crippen molar-refractivity contribution >= 4 is 5.97 Å². The molecule has 0 amide bonds. The summed E-state index contributed by atoms with van der Waals surface area (Å²) >= 11 is 0. The van der Waals surface area contributed by atoms with E-state index in [1.807, 2.05) is 21.1 Å². The highest BCUT2D eigenvalue weighted by Crippen LogP contribution is 2.10. The molecule has 0 aromatic carbocycles. The number of carboxylic acids is 1. The predicted octanol–water partition coefficient (Wildman–Crippen LogP) is 5.22. The minimum atomic E-state index is -0.934. The van der Waals surface area contributed by atoms with Crippen molar-refractivity contribution < 1.29 is 14.4 Å². The van der Waals surface area contributed by atoms with Crippen molar-refractivity contribution in [2.24, 2.45) is 0 Å². The molecule has 0 aromatic heterocycles. The van der Waals surface area contributed by atoms with E-state index in [1.165, 1.54) is 89.9 Å². The normalized spacial score (nSPS) is 13.2. The second kappa shape index (κ2) is 20.1. The molecular weight excluding hydrogens is 372 g/mol. The number of carbonyl (C=O) groups is 1. The van der Waals surface area contributed by atoms with Crippen molar-refractivity contribution in [3.63, 3.8) is 0 Å². The summed E-state index contributed by atoms with van der Waals surface area (Å²) in [5, 5.41) is 14.7. The highest BCUT2D eigenvalue weighted by molar-refractivity contribution is 5.69. The Morgan fingerprint density at radius 2 is 1.23 bits per heavy atom. The third kappa shape index (κ3) is 19.1. The van der Waals surface area contributed by atoms with E-state index in [4.69, 9.17) is 0 Å². The van der Waals surface area contributed by atoms with E-state index in [-0.39, 0.29) is 0 Å². The number of carboxylic acid groups (broad SMARTS) is 1. The Bertz CT molecular complexity index is 416. The zero-order valence-corrected chi connectivity index (χ0v) is 20.7. The number of nitrogens with one attached hydrogen (secondary N) is 1.